The van der Waals surface area contributed by atoms with E-state index in [-0.39, 0.29) is 5.69 Å². The Morgan fingerprint density at radius 3 is 2.94 bits per heavy atom. The van der Waals surface area contributed by atoms with Gasteiger partial charge >= 0.3 is 0 Å². The number of terminal acetylenes is 1. The van der Waals surface area contributed by atoms with E-state index in [0.29, 0.717) is 24.4 Å². The fraction of sp³-hybridized carbons (Fsp3) is 0.273. The topological polar surface area (TPSA) is 64.4 Å². The van der Waals surface area contributed by atoms with Crippen LogP contribution < -0.4 is 10.1 Å². The van der Waals surface area contributed by atoms with Crippen molar-refractivity contribution in [2.45, 2.75) is 6.42 Å². The maximum Gasteiger partial charge on any atom is 0.296 e. The third-order valence-corrected chi connectivity index (χ3v) is 1.99. The van der Waals surface area contributed by atoms with Gasteiger partial charge in [-0.2, -0.15) is 0 Å². The third-order valence-electron chi connectivity index (χ3n) is 1.99. The van der Waals surface area contributed by atoms with E-state index in [9.17, 15) is 10.1 Å². The molecule has 1 aromatic rings. The van der Waals surface area contributed by atoms with Gasteiger partial charge in [-0.25, -0.2) is 0 Å². The maximum atomic E-state index is 10.8. The second kappa shape index (κ2) is 5.61. The van der Waals surface area contributed by atoms with Crippen LogP contribution in [0.1, 0.15) is 6.42 Å². The molecular weight excluding hydrogens is 208 g/mol. The van der Waals surface area contributed by atoms with E-state index in [2.05, 4.69) is 11.2 Å². The van der Waals surface area contributed by atoms with Crippen molar-refractivity contribution in [3.8, 4) is 18.1 Å². The summed E-state index contributed by atoms with van der Waals surface area (Å²) in [4.78, 5) is 10.3. The molecule has 5 heteroatoms. The van der Waals surface area contributed by atoms with Gasteiger partial charge in [0.25, 0.3) is 5.69 Å². The molecule has 16 heavy (non-hydrogen) atoms. The highest BCUT2D eigenvalue weighted by atomic mass is 16.6. The van der Waals surface area contributed by atoms with Crippen molar-refractivity contribution >= 4 is 11.4 Å². The molecule has 0 fully saturated rings. The molecule has 5 nitrogen and oxygen atoms in total. The highest BCUT2D eigenvalue weighted by Crippen LogP contribution is 2.28. The number of hydrogen-bond acceptors (Lipinski definition) is 4. The molecule has 0 unspecified atom stereocenters. The quantitative estimate of drug-likeness (QED) is 0.357. The van der Waals surface area contributed by atoms with Crippen molar-refractivity contribution in [3.63, 3.8) is 0 Å². The lowest BCUT2D eigenvalue weighted by atomic mass is 10.2. The van der Waals surface area contributed by atoms with Crippen LogP contribution in [-0.2, 0) is 0 Å². The summed E-state index contributed by atoms with van der Waals surface area (Å²) in [6, 6.07) is 4.64. The molecule has 0 bridgehead atoms. The van der Waals surface area contributed by atoms with Crippen LogP contribution in [0.4, 0.5) is 11.4 Å². The molecule has 0 spiro atoms. The Labute approximate surface area is 93.6 Å². The molecule has 0 aliphatic heterocycles. The molecule has 1 rings (SSSR count). The Hall–Kier alpha value is -2.22. The van der Waals surface area contributed by atoms with Gasteiger partial charge in [0.15, 0.2) is 0 Å². The number of nitro groups is 1. The molecule has 0 saturated carbocycles. The molecule has 0 amide bonds. The number of ether oxygens (including phenoxy) is 1. The smallest absolute Gasteiger partial charge is 0.296 e. The van der Waals surface area contributed by atoms with Crippen LogP contribution in [0.15, 0.2) is 18.2 Å². The summed E-state index contributed by atoms with van der Waals surface area (Å²) in [5.74, 6) is 2.91. The first kappa shape index (κ1) is 11.9. The lowest BCUT2D eigenvalue weighted by Gasteiger charge is -2.06. The fourth-order valence-corrected chi connectivity index (χ4v) is 1.21. The molecular formula is C11H12N2O3. The normalized spacial score (nSPS) is 9.25. The molecule has 84 valence electrons. The minimum absolute atomic E-state index is 0.0172. The second-order valence-corrected chi connectivity index (χ2v) is 3.02. The van der Waals surface area contributed by atoms with Gasteiger partial charge in [-0.1, -0.05) is 0 Å². The average Bonchev–Trinajstić information content (AvgIpc) is 2.29. The standard InChI is InChI=1S/C11H12N2O3/c1-3-4-7-12-10-6-5-9(16-2)8-11(10)13(14)15/h1,5-6,8,12H,4,7H2,2H3. The molecule has 0 saturated heterocycles. The van der Waals surface area contributed by atoms with Crippen LogP contribution in [0.5, 0.6) is 5.75 Å². The number of nitrogens with one attached hydrogen (secondary N) is 1. The van der Waals surface area contributed by atoms with Crippen LogP contribution in [0.25, 0.3) is 0 Å². The molecule has 0 aromatic heterocycles. The molecule has 0 aliphatic rings. The van der Waals surface area contributed by atoms with Crippen molar-refractivity contribution in [3.05, 3.63) is 28.3 Å². The summed E-state index contributed by atoms with van der Waals surface area (Å²) >= 11 is 0. The summed E-state index contributed by atoms with van der Waals surface area (Å²) in [7, 11) is 1.46. The van der Waals surface area contributed by atoms with E-state index in [4.69, 9.17) is 11.2 Å². The summed E-state index contributed by atoms with van der Waals surface area (Å²) in [6.45, 7) is 0.504. The summed E-state index contributed by atoms with van der Waals surface area (Å²) < 4.78 is 4.92. The number of rotatable bonds is 5. The summed E-state index contributed by atoms with van der Waals surface area (Å²) in [6.07, 6.45) is 5.61. The van der Waals surface area contributed by atoms with Crippen LogP contribution in [0.3, 0.4) is 0 Å². The summed E-state index contributed by atoms with van der Waals surface area (Å²) in [5, 5.41) is 13.7. The monoisotopic (exact) mass is 220 g/mol. The van der Waals surface area contributed by atoms with Crippen molar-refractivity contribution in [1.29, 1.82) is 0 Å². The van der Waals surface area contributed by atoms with Gasteiger partial charge in [0.2, 0.25) is 0 Å². The van der Waals surface area contributed by atoms with Crippen molar-refractivity contribution in [2.24, 2.45) is 0 Å². The number of hydrogen-bond donors (Lipinski definition) is 1. The SMILES string of the molecule is C#CCCNc1ccc(OC)cc1[N+](=O)[O-]. The number of benzene rings is 1. The van der Waals surface area contributed by atoms with E-state index < -0.39 is 4.92 Å². The van der Waals surface area contributed by atoms with Crippen LogP contribution in [-0.4, -0.2) is 18.6 Å². The van der Waals surface area contributed by atoms with Crippen LogP contribution in [0, 0.1) is 22.5 Å². The van der Waals surface area contributed by atoms with Gasteiger partial charge in [-0.15, -0.1) is 12.3 Å². The predicted molar refractivity (Wildman–Crippen MR) is 61.6 cm³/mol. The van der Waals surface area contributed by atoms with E-state index in [1.165, 1.54) is 13.2 Å². The molecule has 0 atom stereocenters. The average molecular weight is 220 g/mol. The first-order valence-corrected chi connectivity index (χ1v) is 4.68. The highest BCUT2D eigenvalue weighted by Gasteiger charge is 2.14. The zero-order chi connectivity index (χ0) is 12.0. The first-order chi connectivity index (χ1) is 7.69. The van der Waals surface area contributed by atoms with Gasteiger partial charge in [0.1, 0.15) is 11.4 Å². The van der Waals surface area contributed by atoms with Crippen molar-refractivity contribution < 1.29 is 9.66 Å². The minimum atomic E-state index is -0.458. The van der Waals surface area contributed by atoms with Crippen LogP contribution >= 0.6 is 0 Å². The van der Waals surface area contributed by atoms with E-state index in [1.54, 1.807) is 12.1 Å². The van der Waals surface area contributed by atoms with Gasteiger partial charge < -0.3 is 10.1 Å². The van der Waals surface area contributed by atoms with E-state index in [1.807, 2.05) is 0 Å². The molecule has 1 N–H and O–H groups in total. The summed E-state index contributed by atoms with van der Waals surface area (Å²) in [5.41, 5.74) is 0.428. The van der Waals surface area contributed by atoms with Gasteiger partial charge in [0, 0.05) is 13.0 Å². The number of nitro benzene ring substituents is 1. The zero-order valence-corrected chi connectivity index (χ0v) is 8.90. The second-order valence-electron chi connectivity index (χ2n) is 3.02. The first-order valence-electron chi connectivity index (χ1n) is 4.68. The predicted octanol–water partition coefficient (Wildman–Crippen LogP) is 2.04. The number of nitrogens with zero attached hydrogens (tertiary/aromatic N) is 1. The molecule has 0 radical (unpaired) electrons. The third kappa shape index (κ3) is 2.89. The van der Waals surface area contributed by atoms with Crippen molar-refractivity contribution in [2.75, 3.05) is 19.0 Å². The highest BCUT2D eigenvalue weighted by molar-refractivity contribution is 5.63. The number of anilines is 1. The van der Waals surface area contributed by atoms with E-state index >= 15 is 0 Å². The molecule has 0 heterocycles. The van der Waals surface area contributed by atoms with Gasteiger partial charge in [0.05, 0.1) is 18.1 Å². The maximum absolute atomic E-state index is 10.8. The molecule has 0 aliphatic carbocycles. The lowest BCUT2D eigenvalue weighted by Crippen LogP contribution is -2.03. The van der Waals surface area contributed by atoms with Gasteiger partial charge in [-0.3, -0.25) is 10.1 Å². The Morgan fingerprint density at radius 1 is 1.62 bits per heavy atom. The Bertz CT molecular complexity index is 424. The minimum Gasteiger partial charge on any atom is -0.496 e. The Balaban J connectivity index is 2.90. The van der Waals surface area contributed by atoms with E-state index in [0.717, 1.165) is 0 Å². The van der Waals surface area contributed by atoms with Crippen molar-refractivity contribution in [1.82, 2.24) is 0 Å². The Morgan fingerprint density at radius 2 is 2.38 bits per heavy atom. The van der Waals surface area contributed by atoms with Crippen LogP contribution in [0.2, 0.25) is 0 Å². The lowest BCUT2D eigenvalue weighted by molar-refractivity contribution is -0.384. The molecule has 1 aromatic carbocycles. The fourth-order valence-electron chi connectivity index (χ4n) is 1.21. The zero-order valence-electron chi connectivity index (χ0n) is 8.90. The number of methoxy groups -OCH3 is 1. The Kier molecular flexibility index (Phi) is 4.16. The largest absolute Gasteiger partial charge is 0.496 e. The van der Waals surface area contributed by atoms with Gasteiger partial charge in [-0.05, 0) is 12.1 Å².